The molecule has 1 aliphatic rings. The van der Waals surface area contributed by atoms with Gasteiger partial charge < -0.3 is 24.7 Å². The van der Waals surface area contributed by atoms with Crippen LogP contribution < -0.4 is 4.74 Å². The fourth-order valence-corrected chi connectivity index (χ4v) is 3.39. The van der Waals surface area contributed by atoms with Crippen molar-refractivity contribution in [2.24, 2.45) is 0 Å². The van der Waals surface area contributed by atoms with Crippen molar-refractivity contribution in [2.75, 3.05) is 34.3 Å². The third-order valence-electron chi connectivity index (χ3n) is 4.97. The number of hydrogen-bond acceptors (Lipinski definition) is 6. The number of carbonyl (C=O) groups is 2. The van der Waals surface area contributed by atoms with Crippen LogP contribution in [0.1, 0.15) is 17.2 Å². The summed E-state index contributed by atoms with van der Waals surface area (Å²) in [6.07, 6.45) is 0. The van der Waals surface area contributed by atoms with Crippen molar-refractivity contribution in [3.8, 4) is 11.5 Å². The van der Waals surface area contributed by atoms with Crippen molar-refractivity contribution >= 4 is 17.4 Å². The third kappa shape index (κ3) is 3.99. The molecule has 2 aromatic rings. The van der Waals surface area contributed by atoms with Gasteiger partial charge in [-0.2, -0.15) is 0 Å². The highest BCUT2D eigenvalue weighted by atomic mass is 19.1. The number of methoxy groups -OCH3 is 1. The van der Waals surface area contributed by atoms with Crippen LogP contribution in [0.15, 0.2) is 48.0 Å². The van der Waals surface area contributed by atoms with Crippen LogP contribution in [-0.4, -0.2) is 66.0 Å². The molecule has 2 aromatic carbocycles. The highest BCUT2D eigenvalue weighted by Crippen LogP contribution is 2.41. The van der Waals surface area contributed by atoms with E-state index in [9.17, 15) is 24.2 Å². The number of aliphatic hydroxyl groups excluding tert-OH is 1. The zero-order valence-corrected chi connectivity index (χ0v) is 16.9. The molecule has 1 unspecified atom stereocenters. The second kappa shape index (κ2) is 8.54. The Balaban J connectivity index is 2.16. The SMILES string of the molecule is COc1ccc(C(O)=C2C(=O)C(=O)N(CCN(C)C)C2c2ccc(F)cc2)c(O)c1. The number of benzene rings is 2. The largest absolute Gasteiger partial charge is 0.507 e. The number of hydrogen-bond donors (Lipinski definition) is 2. The number of halogens is 1. The number of Topliss-reactive ketones (excluding diaryl/α,β-unsaturated/α-hetero) is 1. The van der Waals surface area contributed by atoms with Crippen molar-refractivity contribution in [1.82, 2.24) is 9.80 Å². The van der Waals surface area contributed by atoms with Gasteiger partial charge in [-0.05, 0) is 43.9 Å². The summed E-state index contributed by atoms with van der Waals surface area (Å²) >= 11 is 0. The van der Waals surface area contributed by atoms with E-state index in [1.54, 1.807) is 0 Å². The van der Waals surface area contributed by atoms with Crippen LogP contribution in [0, 0.1) is 5.82 Å². The number of amides is 1. The summed E-state index contributed by atoms with van der Waals surface area (Å²) in [5.74, 6) is -2.53. The van der Waals surface area contributed by atoms with Gasteiger partial charge in [0.15, 0.2) is 0 Å². The minimum atomic E-state index is -0.910. The van der Waals surface area contributed by atoms with Gasteiger partial charge in [-0.25, -0.2) is 4.39 Å². The van der Waals surface area contributed by atoms with Gasteiger partial charge >= 0.3 is 0 Å². The van der Waals surface area contributed by atoms with Crippen LogP contribution in [-0.2, 0) is 9.59 Å². The van der Waals surface area contributed by atoms with Crippen molar-refractivity contribution in [3.63, 3.8) is 0 Å². The van der Waals surface area contributed by atoms with E-state index in [0.29, 0.717) is 17.9 Å². The van der Waals surface area contributed by atoms with Crippen LogP contribution in [0.5, 0.6) is 11.5 Å². The number of phenolic OH excluding ortho intramolecular Hbond substituents is 1. The number of rotatable bonds is 6. The first-order chi connectivity index (χ1) is 14.2. The summed E-state index contributed by atoms with van der Waals surface area (Å²) in [7, 11) is 5.09. The first kappa shape index (κ1) is 21.3. The number of aromatic hydroxyl groups is 1. The summed E-state index contributed by atoms with van der Waals surface area (Å²) in [6.45, 7) is 0.712. The van der Waals surface area contributed by atoms with Gasteiger partial charge in [-0.3, -0.25) is 9.59 Å². The lowest BCUT2D eigenvalue weighted by Gasteiger charge is -2.26. The monoisotopic (exact) mass is 414 g/mol. The summed E-state index contributed by atoms with van der Waals surface area (Å²) in [4.78, 5) is 28.8. The van der Waals surface area contributed by atoms with Crippen molar-refractivity contribution in [2.45, 2.75) is 6.04 Å². The number of ether oxygens (including phenoxy) is 1. The molecule has 158 valence electrons. The van der Waals surface area contributed by atoms with Crippen molar-refractivity contribution < 1.29 is 28.9 Å². The topological polar surface area (TPSA) is 90.3 Å². The second-order valence-electron chi connectivity index (χ2n) is 7.23. The molecule has 0 aliphatic carbocycles. The predicted octanol–water partition coefficient (Wildman–Crippen LogP) is 2.52. The van der Waals surface area contributed by atoms with Gasteiger partial charge in [-0.15, -0.1) is 0 Å². The average molecular weight is 414 g/mol. The number of ketones is 1. The van der Waals surface area contributed by atoms with Gasteiger partial charge in [0.2, 0.25) is 0 Å². The van der Waals surface area contributed by atoms with Crippen molar-refractivity contribution in [1.29, 1.82) is 0 Å². The zero-order chi connectivity index (χ0) is 22.0. The van der Waals surface area contributed by atoms with Gasteiger partial charge in [0.25, 0.3) is 11.7 Å². The lowest BCUT2D eigenvalue weighted by atomic mass is 9.95. The fourth-order valence-electron chi connectivity index (χ4n) is 3.39. The Hall–Kier alpha value is -3.39. The number of nitrogens with zero attached hydrogens (tertiary/aromatic N) is 2. The number of likely N-dealkylation sites (N-methyl/N-ethyl adjacent to an activating group) is 1. The molecule has 1 amide bonds. The maximum absolute atomic E-state index is 13.5. The highest BCUT2D eigenvalue weighted by Gasteiger charge is 2.46. The van der Waals surface area contributed by atoms with Gasteiger partial charge in [-0.1, -0.05) is 12.1 Å². The summed E-state index contributed by atoms with van der Waals surface area (Å²) in [6, 6.07) is 8.70. The summed E-state index contributed by atoms with van der Waals surface area (Å²) in [5, 5.41) is 21.2. The van der Waals surface area contributed by atoms with E-state index in [0.717, 1.165) is 0 Å². The molecular weight excluding hydrogens is 391 g/mol. The molecule has 0 saturated carbocycles. The maximum Gasteiger partial charge on any atom is 0.295 e. The van der Waals surface area contributed by atoms with Gasteiger partial charge in [0.1, 0.15) is 23.1 Å². The fraction of sp³-hybridized carbons (Fsp3) is 0.273. The molecule has 1 aliphatic heterocycles. The Kier molecular flexibility index (Phi) is 6.07. The molecule has 0 bridgehead atoms. The van der Waals surface area contributed by atoms with Crippen molar-refractivity contribution in [3.05, 3.63) is 65.0 Å². The van der Waals surface area contributed by atoms with E-state index in [1.165, 1.54) is 54.5 Å². The molecule has 0 aromatic heterocycles. The Morgan fingerprint density at radius 1 is 1.17 bits per heavy atom. The zero-order valence-electron chi connectivity index (χ0n) is 16.9. The number of aliphatic hydroxyl groups is 1. The summed E-state index contributed by atoms with van der Waals surface area (Å²) < 4.78 is 18.5. The molecule has 3 rings (SSSR count). The standard InChI is InChI=1S/C22H23FN2O5/c1-24(2)10-11-25-19(13-4-6-14(23)7-5-13)18(21(28)22(25)29)20(27)16-9-8-15(30-3)12-17(16)26/h4-9,12,19,26-27H,10-11H2,1-3H3. The molecule has 1 saturated heterocycles. The third-order valence-corrected chi connectivity index (χ3v) is 4.97. The van der Waals surface area contributed by atoms with Crippen LogP contribution >= 0.6 is 0 Å². The highest BCUT2D eigenvalue weighted by molar-refractivity contribution is 6.46. The van der Waals surface area contributed by atoms with E-state index < -0.39 is 29.3 Å². The molecule has 0 spiro atoms. The molecule has 7 nitrogen and oxygen atoms in total. The summed E-state index contributed by atoms with van der Waals surface area (Å²) in [5.41, 5.74) is 0.309. The van der Waals surface area contributed by atoms with E-state index >= 15 is 0 Å². The predicted molar refractivity (Wildman–Crippen MR) is 109 cm³/mol. The molecule has 1 fully saturated rings. The Morgan fingerprint density at radius 2 is 1.83 bits per heavy atom. The molecular formula is C22H23FN2O5. The van der Waals surface area contributed by atoms with Crippen LogP contribution in [0.2, 0.25) is 0 Å². The molecule has 8 heteroatoms. The lowest BCUT2D eigenvalue weighted by molar-refractivity contribution is -0.140. The van der Waals surface area contributed by atoms with E-state index in [1.807, 2.05) is 19.0 Å². The van der Waals surface area contributed by atoms with Crippen LogP contribution in [0.3, 0.4) is 0 Å². The van der Waals surface area contributed by atoms with Gasteiger partial charge in [0.05, 0.1) is 24.3 Å². The van der Waals surface area contributed by atoms with E-state index in [2.05, 4.69) is 0 Å². The molecule has 30 heavy (non-hydrogen) atoms. The Labute approximate surface area is 173 Å². The van der Waals surface area contributed by atoms with Crippen LogP contribution in [0.25, 0.3) is 5.76 Å². The lowest BCUT2D eigenvalue weighted by Crippen LogP contribution is -2.35. The van der Waals surface area contributed by atoms with Gasteiger partial charge in [0, 0.05) is 19.2 Å². The quantitative estimate of drug-likeness (QED) is 0.429. The smallest absolute Gasteiger partial charge is 0.295 e. The molecule has 2 N–H and O–H groups in total. The molecule has 1 heterocycles. The molecule has 1 atom stereocenters. The molecule has 0 radical (unpaired) electrons. The Morgan fingerprint density at radius 3 is 2.40 bits per heavy atom. The second-order valence-corrected chi connectivity index (χ2v) is 7.23. The minimum absolute atomic E-state index is 0.00600. The number of likely N-dealkylation sites (tertiary alicyclic amines) is 1. The van der Waals surface area contributed by atoms with E-state index in [4.69, 9.17) is 4.74 Å². The first-order valence-corrected chi connectivity index (χ1v) is 9.30. The van der Waals surface area contributed by atoms with Crippen LogP contribution in [0.4, 0.5) is 4.39 Å². The first-order valence-electron chi connectivity index (χ1n) is 9.30. The van der Waals surface area contributed by atoms with E-state index in [-0.39, 0.29) is 23.4 Å². The minimum Gasteiger partial charge on any atom is -0.507 e. The average Bonchev–Trinajstić information content (AvgIpc) is 2.96. The number of phenols is 1. The number of carbonyl (C=O) groups excluding carboxylic acids is 2. The maximum atomic E-state index is 13.5. The normalized spacial score (nSPS) is 18.3. The Bertz CT molecular complexity index is 1000.